The van der Waals surface area contributed by atoms with Gasteiger partial charge in [-0.25, -0.2) is 4.98 Å². The predicted molar refractivity (Wildman–Crippen MR) is 91.6 cm³/mol. The summed E-state index contributed by atoms with van der Waals surface area (Å²) >= 11 is 0. The highest BCUT2D eigenvalue weighted by Crippen LogP contribution is 2.25. The molecule has 2 heteroatoms. The fourth-order valence-electron chi connectivity index (χ4n) is 2.63. The molecule has 0 aliphatic carbocycles. The Labute approximate surface area is 132 Å². The predicted octanol–water partition coefficient (Wildman–Crippen LogP) is 3.06. The Balaban J connectivity index is 2.10. The van der Waals surface area contributed by atoms with Crippen molar-refractivity contribution < 1.29 is 4.90 Å². The van der Waals surface area contributed by atoms with Crippen LogP contribution < -0.4 is 4.90 Å². The van der Waals surface area contributed by atoms with Gasteiger partial charge in [-0.3, -0.25) is 0 Å². The Bertz CT molecular complexity index is 734. The molecule has 0 atom stereocenters. The van der Waals surface area contributed by atoms with E-state index in [9.17, 15) is 0 Å². The second kappa shape index (κ2) is 6.54. The summed E-state index contributed by atoms with van der Waals surface area (Å²) in [6, 6.07) is 25.1. The molecular weight excluding hydrogens is 268 g/mol. The number of pyridine rings is 1. The van der Waals surface area contributed by atoms with Crippen LogP contribution in [0, 0.1) is 0 Å². The van der Waals surface area contributed by atoms with E-state index in [1.54, 1.807) is 0 Å². The van der Waals surface area contributed by atoms with Crippen LogP contribution >= 0.6 is 0 Å². The smallest absolute Gasteiger partial charge is 0.105 e. The lowest BCUT2D eigenvalue weighted by Gasteiger charge is -2.13. The van der Waals surface area contributed by atoms with Gasteiger partial charge >= 0.3 is 0 Å². The van der Waals surface area contributed by atoms with Crippen LogP contribution in [0.15, 0.2) is 72.8 Å². The van der Waals surface area contributed by atoms with Gasteiger partial charge in [-0.1, -0.05) is 60.7 Å². The number of quaternary nitrogens is 1. The molecule has 0 bridgehead atoms. The van der Waals surface area contributed by atoms with Crippen LogP contribution in [0.1, 0.15) is 5.56 Å². The van der Waals surface area contributed by atoms with E-state index in [4.69, 9.17) is 4.98 Å². The number of nitrogens with zero attached hydrogens (tertiary/aromatic N) is 1. The van der Waals surface area contributed by atoms with E-state index in [0.29, 0.717) is 0 Å². The van der Waals surface area contributed by atoms with Gasteiger partial charge in [0.25, 0.3) is 0 Å². The molecular formula is C20H21N2+. The van der Waals surface area contributed by atoms with E-state index in [0.717, 1.165) is 23.5 Å². The fraction of sp³-hybridized carbons (Fsp3) is 0.150. The van der Waals surface area contributed by atoms with Crippen LogP contribution in [0.3, 0.4) is 0 Å². The van der Waals surface area contributed by atoms with Gasteiger partial charge in [-0.15, -0.1) is 0 Å². The second-order valence-corrected chi connectivity index (χ2v) is 5.82. The molecule has 0 fully saturated rings. The molecule has 0 radical (unpaired) electrons. The molecule has 0 spiro atoms. The van der Waals surface area contributed by atoms with Crippen molar-refractivity contribution in [3.05, 3.63) is 78.4 Å². The summed E-state index contributed by atoms with van der Waals surface area (Å²) < 4.78 is 0. The lowest BCUT2D eigenvalue weighted by atomic mass is 10.0. The monoisotopic (exact) mass is 289 g/mol. The Kier molecular flexibility index (Phi) is 4.31. The first-order valence-corrected chi connectivity index (χ1v) is 7.64. The van der Waals surface area contributed by atoms with Crippen molar-refractivity contribution in [3.8, 4) is 22.5 Å². The number of hydrogen-bond acceptors (Lipinski definition) is 1. The highest BCUT2D eigenvalue weighted by Gasteiger charge is 2.11. The number of nitrogens with one attached hydrogen (secondary N) is 1. The van der Waals surface area contributed by atoms with E-state index in [1.807, 2.05) is 12.1 Å². The zero-order valence-electron chi connectivity index (χ0n) is 13.1. The lowest BCUT2D eigenvalue weighted by molar-refractivity contribution is -0.872. The highest BCUT2D eigenvalue weighted by atomic mass is 15.0. The number of rotatable bonds is 4. The molecule has 0 aliphatic rings. The zero-order chi connectivity index (χ0) is 15.4. The summed E-state index contributed by atoms with van der Waals surface area (Å²) in [4.78, 5) is 6.35. The molecule has 0 saturated heterocycles. The minimum absolute atomic E-state index is 0.965. The van der Waals surface area contributed by atoms with Crippen molar-refractivity contribution in [3.63, 3.8) is 0 Å². The Morgan fingerprint density at radius 3 is 1.91 bits per heavy atom. The largest absolute Gasteiger partial charge is 0.336 e. The summed E-state index contributed by atoms with van der Waals surface area (Å²) in [5.74, 6) is 0. The molecule has 3 aromatic rings. The van der Waals surface area contributed by atoms with Crippen LogP contribution in [0.4, 0.5) is 0 Å². The van der Waals surface area contributed by atoms with Gasteiger partial charge in [-0.2, -0.15) is 0 Å². The third kappa shape index (κ3) is 3.23. The van der Waals surface area contributed by atoms with Gasteiger partial charge in [-0.05, 0) is 12.1 Å². The molecule has 1 aromatic heterocycles. The molecule has 0 saturated carbocycles. The van der Waals surface area contributed by atoms with E-state index >= 15 is 0 Å². The van der Waals surface area contributed by atoms with Crippen LogP contribution in [0.2, 0.25) is 0 Å². The summed E-state index contributed by atoms with van der Waals surface area (Å²) in [6.07, 6.45) is 0. The minimum Gasteiger partial charge on any atom is -0.336 e. The maximum Gasteiger partial charge on any atom is 0.105 e. The molecule has 3 rings (SSSR count). The summed E-state index contributed by atoms with van der Waals surface area (Å²) in [5.41, 5.74) is 5.73. The zero-order valence-corrected chi connectivity index (χ0v) is 13.1. The first kappa shape index (κ1) is 14.5. The minimum atomic E-state index is 0.965. The molecule has 110 valence electrons. The number of hydrogen-bond donors (Lipinski definition) is 1. The van der Waals surface area contributed by atoms with Crippen molar-refractivity contribution in [1.82, 2.24) is 4.98 Å². The summed E-state index contributed by atoms with van der Waals surface area (Å²) in [7, 11) is 4.33. The molecule has 1 heterocycles. The molecule has 2 nitrogen and oxygen atoms in total. The Hall–Kier alpha value is -2.45. The second-order valence-electron chi connectivity index (χ2n) is 5.82. The van der Waals surface area contributed by atoms with Crippen molar-refractivity contribution in [2.24, 2.45) is 0 Å². The van der Waals surface area contributed by atoms with Crippen LogP contribution in [0.25, 0.3) is 22.5 Å². The van der Waals surface area contributed by atoms with Crippen molar-refractivity contribution in [2.45, 2.75) is 6.54 Å². The number of benzene rings is 2. The quantitative estimate of drug-likeness (QED) is 0.781. The normalized spacial score (nSPS) is 10.9. The van der Waals surface area contributed by atoms with Crippen LogP contribution in [-0.4, -0.2) is 19.1 Å². The van der Waals surface area contributed by atoms with Gasteiger partial charge in [0.05, 0.1) is 25.5 Å². The van der Waals surface area contributed by atoms with Crippen LogP contribution in [-0.2, 0) is 6.54 Å². The standard InChI is InChI=1S/C20H20N2/c1-22(2)15-18-13-14-19(16-9-5-3-6-10-16)21-20(18)17-11-7-4-8-12-17/h3-14H,15H2,1-2H3/p+1. The van der Waals surface area contributed by atoms with E-state index < -0.39 is 0 Å². The molecule has 0 unspecified atom stereocenters. The van der Waals surface area contributed by atoms with Gasteiger partial charge < -0.3 is 4.90 Å². The van der Waals surface area contributed by atoms with Crippen molar-refractivity contribution in [2.75, 3.05) is 14.1 Å². The average Bonchev–Trinajstić information content (AvgIpc) is 2.56. The lowest BCUT2D eigenvalue weighted by Crippen LogP contribution is -3.04. The molecule has 0 aliphatic heterocycles. The molecule has 22 heavy (non-hydrogen) atoms. The SMILES string of the molecule is C[NH+](C)Cc1ccc(-c2ccccc2)nc1-c1ccccc1. The van der Waals surface area contributed by atoms with Gasteiger partial charge in [0.15, 0.2) is 0 Å². The first-order valence-electron chi connectivity index (χ1n) is 7.64. The van der Waals surface area contributed by atoms with Gasteiger partial charge in [0, 0.05) is 16.7 Å². The summed E-state index contributed by atoms with van der Waals surface area (Å²) in [5, 5.41) is 0. The van der Waals surface area contributed by atoms with E-state index in [1.165, 1.54) is 16.0 Å². The Morgan fingerprint density at radius 2 is 1.32 bits per heavy atom. The topological polar surface area (TPSA) is 17.3 Å². The van der Waals surface area contributed by atoms with Crippen molar-refractivity contribution in [1.29, 1.82) is 0 Å². The van der Waals surface area contributed by atoms with Crippen molar-refractivity contribution >= 4 is 0 Å². The third-order valence-electron chi connectivity index (χ3n) is 3.64. The highest BCUT2D eigenvalue weighted by molar-refractivity contribution is 5.68. The average molecular weight is 289 g/mol. The molecule has 2 aromatic carbocycles. The van der Waals surface area contributed by atoms with E-state index in [-0.39, 0.29) is 0 Å². The van der Waals surface area contributed by atoms with E-state index in [2.05, 4.69) is 74.8 Å². The third-order valence-corrected chi connectivity index (χ3v) is 3.64. The molecule has 1 N–H and O–H groups in total. The van der Waals surface area contributed by atoms with Gasteiger partial charge in [0.2, 0.25) is 0 Å². The maximum absolute atomic E-state index is 4.95. The first-order chi connectivity index (χ1) is 10.7. The summed E-state index contributed by atoms with van der Waals surface area (Å²) in [6.45, 7) is 0.965. The Morgan fingerprint density at radius 1 is 0.727 bits per heavy atom. The fourth-order valence-corrected chi connectivity index (χ4v) is 2.63. The maximum atomic E-state index is 4.95. The van der Waals surface area contributed by atoms with Crippen LogP contribution in [0.5, 0.6) is 0 Å². The van der Waals surface area contributed by atoms with Gasteiger partial charge in [0.1, 0.15) is 6.54 Å². The molecule has 0 amide bonds. The number of aromatic nitrogens is 1.